The summed E-state index contributed by atoms with van der Waals surface area (Å²) in [6.07, 6.45) is 0. The smallest absolute Gasteiger partial charge is 0.161 e. The molecule has 2 aromatic heterocycles. The molecule has 0 fully saturated rings. The minimum Gasteiger partial charge on any atom is -0.228 e. The summed E-state index contributed by atoms with van der Waals surface area (Å²) in [5.74, 6) is 0.743. The van der Waals surface area contributed by atoms with Crippen LogP contribution in [0, 0.1) is 0 Å². The standard InChI is InChI=1S/C40H24N2S/c1-3-13-25(14-4-1)34-24-35(26-15-5-2-6-16-26)42-40(41-34)33-23-32-29-19-8-7-17-27(29)28-18-9-10-20-30(28)37(32)39-38(33)31-21-11-12-22-36(31)43-39/h1-24H. The van der Waals surface area contributed by atoms with E-state index in [-0.39, 0.29) is 0 Å². The zero-order chi connectivity index (χ0) is 28.3. The number of hydrogen-bond donors (Lipinski definition) is 0. The van der Waals surface area contributed by atoms with E-state index in [0.717, 1.165) is 33.9 Å². The lowest BCUT2D eigenvalue weighted by atomic mass is 9.91. The van der Waals surface area contributed by atoms with Crippen LogP contribution < -0.4 is 0 Å². The number of rotatable bonds is 3. The molecule has 3 heteroatoms. The summed E-state index contributed by atoms with van der Waals surface area (Å²) in [4.78, 5) is 10.6. The molecule has 9 aromatic rings. The first-order chi connectivity index (χ1) is 21.3. The van der Waals surface area contributed by atoms with Gasteiger partial charge in [0.2, 0.25) is 0 Å². The molecule has 0 aliphatic heterocycles. The summed E-state index contributed by atoms with van der Waals surface area (Å²) >= 11 is 1.87. The third kappa shape index (κ3) is 3.79. The van der Waals surface area contributed by atoms with Crippen LogP contribution in [0.15, 0.2) is 146 Å². The van der Waals surface area contributed by atoms with Gasteiger partial charge >= 0.3 is 0 Å². The molecule has 0 radical (unpaired) electrons. The SMILES string of the molecule is c1ccc(-c2cc(-c3ccccc3)nc(-c3cc4c5ccccc5c5ccccc5c4c4sc5ccccc5c34)n2)cc1. The third-order valence-electron chi connectivity index (χ3n) is 8.46. The van der Waals surface area contributed by atoms with Gasteiger partial charge in [0.05, 0.1) is 11.4 Å². The second-order valence-corrected chi connectivity index (χ2v) is 12.0. The lowest BCUT2D eigenvalue weighted by Crippen LogP contribution is -1.97. The first kappa shape index (κ1) is 24.2. The van der Waals surface area contributed by atoms with Crippen molar-refractivity contribution in [2.75, 3.05) is 0 Å². The average molecular weight is 565 g/mol. The van der Waals surface area contributed by atoms with Gasteiger partial charge in [-0.25, -0.2) is 9.97 Å². The molecule has 9 rings (SSSR count). The number of fused-ring (bicyclic) bond motifs is 10. The van der Waals surface area contributed by atoms with Crippen molar-refractivity contribution in [2.45, 2.75) is 0 Å². The van der Waals surface area contributed by atoms with Gasteiger partial charge < -0.3 is 0 Å². The normalized spacial score (nSPS) is 11.7. The number of thiophene rings is 1. The molecular formula is C40H24N2S. The van der Waals surface area contributed by atoms with E-state index in [0.29, 0.717) is 0 Å². The highest BCUT2D eigenvalue weighted by molar-refractivity contribution is 7.27. The van der Waals surface area contributed by atoms with Gasteiger partial charge in [-0.3, -0.25) is 0 Å². The second kappa shape index (κ2) is 9.59. The first-order valence-electron chi connectivity index (χ1n) is 14.5. The predicted molar refractivity (Wildman–Crippen MR) is 184 cm³/mol. The summed E-state index contributed by atoms with van der Waals surface area (Å²) in [7, 11) is 0. The molecule has 2 heterocycles. The minimum absolute atomic E-state index is 0.743. The van der Waals surface area contributed by atoms with Crippen LogP contribution in [-0.2, 0) is 0 Å². The van der Waals surface area contributed by atoms with Gasteiger partial charge in [0.15, 0.2) is 5.82 Å². The van der Waals surface area contributed by atoms with Crippen molar-refractivity contribution >= 4 is 63.8 Å². The van der Waals surface area contributed by atoms with Gasteiger partial charge in [0.25, 0.3) is 0 Å². The quantitative estimate of drug-likeness (QED) is 0.199. The Morgan fingerprint density at radius 3 is 1.51 bits per heavy atom. The Bertz CT molecular complexity index is 2440. The molecule has 0 amide bonds. The van der Waals surface area contributed by atoms with Crippen molar-refractivity contribution < 1.29 is 0 Å². The zero-order valence-electron chi connectivity index (χ0n) is 23.2. The average Bonchev–Trinajstić information content (AvgIpc) is 3.48. The van der Waals surface area contributed by atoms with Crippen LogP contribution >= 0.6 is 11.3 Å². The maximum absolute atomic E-state index is 5.28. The molecule has 0 N–H and O–H groups in total. The number of hydrogen-bond acceptors (Lipinski definition) is 3. The summed E-state index contributed by atoms with van der Waals surface area (Å²) in [5.41, 5.74) is 5.05. The number of nitrogens with zero attached hydrogens (tertiary/aromatic N) is 2. The molecule has 7 aromatic carbocycles. The van der Waals surface area contributed by atoms with Gasteiger partial charge in [0, 0.05) is 42.2 Å². The van der Waals surface area contributed by atoms with Gasteiger partial charge in [-0.15, -0.1) is 11.3 Å². The monoisotopic (exact) mass is 564 g/mol. The van der Waals surface area contributed by atoms with Gasteiger partial charge in [-0.2, -0.15) is 0 Å². The lowest BCUT2D eigenvalue weighted by molar-refractivity contribution is 1.19. The van der Waals surface area contributed by atoms with Crippen molar-refractivity contribution in [2.24, 2.45) is 0 Å². The van der Waals surface area contributed by atoms with E-state index >= 15 is 0 Å². The van der Waals surface area contributed by atoms with Gasteiger partial charge in [-0.1, -0.05) is 127 Å². The summed E-state index contributed by atoms with van der Waals surface area (Å²) in [6.45, 7) is 0. The number of aromatic nitrogens is 2. The van der Waals surface area contributed by atoms with Crippen molar-refractivity contribution in [3.05, 3.63) is 146 Å². The summed E-state index contributed by atoms with van der Waals surface area (Å²) < 4.78 is 2.55. The van der Waals surface area contributed by atoms with Crippen LogP contribution in [0.25, 0.3) is 86.4 Å². The van der Waals surface area contributed by atoms with E-state index in [2.05, 4.69) is 133 Å². The largest absolute Gasteiger partial charge is 0.228 e. The van der Waals surface area contributed by atoms with Crippen LogP contribution in [-0.4, -0.2) is 9.97 Å². The Morgan fingerprint density at radius 1 is 0.395 bits per heavy atom. The van der Waals surface area contributed by atoms with Crippen LogP contribution in [0.1, 0.15) is 0 Å². The molecule has 200 valence electrons. The highest BCUT2D eigenvalue weighted by Gasteiger charge is 2.21. The summed E-state index contributed by atoms with van der Waals surface area (Å²) in [5, 5.41) is 10.1. The van der Waals surface area contributed by atoms with Gasteiger partial charge in [-0.05, 0) is 45.1 Å². The fraction of sp³-hybridized carbons (Fsp3) is 0. The highest BCUT2D eigenvalue weighted by atomic mass is 32.1. The fourth-order valence-corrected chi connectivity index (χ4v) is 7.82. The molecule has 0 atom stereocenters. The first-order valence-corrected chi connectivity index (χ1v) is 15.3. The Kier molecular flexibility index (Phi) is 5.40. The van der Waals surface area contributed by atoms with Crippen LogP contribution in [0.4, 0.5) is 0 Å². The molecule has 0 unspecified atom stereocenters. The molecule has 0 aliphatic carbocycles. The van der Waals surface area contributed by atoms with E-state index in [1.807, 2.05) is 23.5 Å². The topological polar surface area (TPSA) is 25.8 Å². The van der Waals surface area contributed by atoms with Crippen molar-refractivity contribution in [1.29, 1.82) is 0 Å². The van der Waals surface area contributed by atoms with E-state index in [1.54, 1.807) is 0 Å². The number of benzene rings is 7. The molecule has 0 saturated carbocycles. The van der Waals surface area contributed by atoms with Crippen LogP contribution in [0.5, 0.6) is 0 Å². The van der Waals surface area contributed by atoms with E-state index in [4.69, 9.17) is 9.97 Å². The summed E-state index contributed by atoms with van der Waals surface area (Å²) in [6, 6.07) is 51.6. The molecule has 43 heavy (non-hydrogen) atoms. The molecule has 0 bridgehead atoms. The van der Waals surface area contributed by atoms with E-state index in [9.17, 15) is 0 Å². The Hall–Kier alpha value is -5.38. The predicted octanol–water partition coefficient (Wildman–Crippen LogP) is 11.3. The Balaban J connectivity index is 1.48. The lowest BCUT2D eigenvalue weighted by Gasteiger charge is -2.15. The zero-order valence-corrected chi connectivity index (χ0v) is 24.0. The van der Waals surface area contributed by atoms with E-state index in [1.165, 1.54) is 52.5 Å². The molecule has 2 nitrogen and oxygen atoms in total. The van der Waals surface area contributed by atoms with Crippen molar-refractivity contribution in [1.82, 2.24) is 9.97 Å². The molecule has 0 spiro atoms. The van der Waals surface area contributed by atoms with Crippen LogP contribution in [0.3, 0.4) is 0 Å². The maximum Gasteiger partial charge on any atom is 0.161 e. The van der Waals surface area contributed by atoms with Crippen LogP contribution in [0.2, 0.25) is 0 Å². The molecule has 0 aliphatic rings. The minimum atomic E-state index is 0.743. The Morgan fingerprint density at radius 2 is 0.884 bits per heavy atom. The van der Waals surface area contributed by atoms with Crippen molar-refractivity contribution in [3.8, 4) is 33.9 Å². The Labute approximate surface area is 252 Å². The van der Waals surface area contributed by atoms with Crippen molar-refractivity contribution in [3.63, 3.8) is 0 Å². The third-order valence-corrected chi connectivity index (χ3v) is 9.65. The fourth-order valence-electron chi connectivity index (χ4n) is 6.53. The maximum atomic E-state index is 5.28. The second-order valence-electron chi connectivity index (χ2n) is 10.9. The highest BCUT2D eigenvalue weighted by Crippen LogP contribution is 2.48. The molecular weight excluding hydrogens is 541 g/mol. The molecule has 0 saturated heterocycles. The van der Waals surface area contributed by atoms with E-state index < -0.39 is 0 Å². The van der Waals surface area contributed by atoms with Gasteiger partial charge in [0.1, 0.15) is 0 Å².